The Labute approximate surface area is 120 Å². The molecule has 2 aromatic rings. The van der Waals surface area contributed by atoms with Gasteiger partial charge >= 0.3 is 0 Å². The highest BCUT2D eigenvalue weighted by Crippen LogP contribution is 2.32. The van der Waals surface area contributed by atoms with Crippen molar-refractivity contribution in [1.82, 2.24) is 10.3 Å². The smallest absolute Gasteiger partial charge is 0.0702 e. The number of para-hydroxylation sites is 1. The molecular formula is C17H22N2O. The van der Waals surface area contributed by atoms with Crippen molar-refractivity contribution in [2.45, 2.75) is 32.4 Å². The molecule has 3 nitrogen and oxygen atoms in total. The van der Waals surface area contributed by atoms with Crippen LogP contribution in [-0.4, -0.2) is 24.2 Å². The van der Waals surface area contributed by atoms with E-state index in [1.165, 1.54) is 10.9 Å². The van der Waals surface area contributed by atoms with Crippen molar-refractivity contribution in [1.29, 1.82) is 0 Å². The minimum absolute atomic E-state index is 0.335. The van der Waals surface area contributed by atoms with Gasteiger partial charge in [0.25, 0.3) is 0 Å². The van der Waals surface area contributed by atoms with Crippen molar-refractivity contribution >= 4 is 10.9 Å². The molecule has 0 spiro atoms. The summed E-state index contributed by atoms with van der Waals surface area (Å²) >= 11 is 0. The molecule has 106 valence electrons. The van der Waals surface area contributed by atoms with Crippen LogP contribution in [0.25, 0.3) is 10.9 Å². The third-order valence-electron chi connectivity index (χ3n) is 4.10. The molecule has 0 aliphatic carbocycles. The van der Waals surface area contributed by atoms with E-state index in [-0.39, 0.29) is 0 Å². The summed E-state index contributed by atoms with van der Waals surface area (Å²) in [6.45, 7) is 6.11. The number of fused-ring (bicyclic) bond motifs is 1. The lowest BCUT2D eigenvalue weighted by Gasteiger charge is -2.24. The molecule has 1 aromatic heterocycles. The molecule has 1 N–H and O–H groups in total. The predicted octanol–water partition coefficient (Wildman–Crippen LogP) is 3.31. The maximum Gasteiger partial charge on any atom is 0.0702 e. The fraction of sp³-hybridized carbons (Fsp3) is 0.471. The number of hydrogen-bond donors (Lipinski definition) is 1. The lowest BCUT2D eigenvalue weighted by Crippen LogP contribution is -2.28. The maximum atomic E-state index is 5.74. The van der Waals surface area contributed by atoms with Gasteiger partial charge in [-0.3, -0.25) is 4.98 Å². The second kappa shape index (κ2) is 5.90. The van der Waals surface area contributed by atoms with Gasteiger partial charge in [-0.2, -0.15) is 0 Å². The van der Waals surface area contributed by atoms with Crippen LogP contribution in [0.5, 0.6) is 0 Å². The van der Waals surface area contributed by atoms with E-state index in [0.29, 0.717) is 18.1 Å². The number of hydrogen-bond acceptors (Lipinski definition) is 3. The van der Waals surface area contributed by atoms with Crippen molar-refractivity contribution in [3.05, 3.63) is 42.1 Å². The van der Waals surface area contributed by atoms with Gasteiger partial charge in [0.1, 0.15) is 0 Å². The van der Waals surface area contributed by atoms with Crippen molar-refractivity contribution in [2.24, 2.45) is 5.92 Å². The first-order valence-corrected chi connectivity index (χ1v) is 7.47. The molecule has 0 amide bonds. The molecular weight excluding hydrogens is 248 g/mol. The number of nitrogens with zero attached hydrogens (tertiary/aromatic N) is 1. The van der Waals surface area contributed by atoms with Crippen LogP contribution in [0, 0.1) is 5.92 Å². The van der Waals surface area contributed by atoms with Crippen molar-refractivity contribution < 1.29 is 4.74 Å². The van der Waals surface area contributed by atoms with Crippen LogP contribution in [0.3, 0.4) is 0 Å². The summed E-state index contributed by atoms with van der Waals surface area (Å²) in [7, 11) is 0. The fourth-order valence-corrected chi connectivity index (χ4v) is 3.12. The van der Waals surface area contributed by atoms with E-state index in [0.717, 1.165) is 25.1 Å². The highest BCUT2D eigenvalue weighted by atomic mass is 16.5. The van der Waals surface area contributed by atoms with E-state index in [9.17, 15) is 0 Å². The molecule has 0 radical (unpaired) electrons. The first-order chi connectivity index (χ1) is 9.78. The quantitative estimate of drug-likeness (QED) is 0.925. The van der Waals surface area contributed by atoms with Crippen LogP contribution in [0.1, 0.15) is 31.9 Å². The van der Waals surface area contributed by atoms with Crippen LogP contribution in [-0.2, 0) is 4.74 Å². The minimum atomic E-state index is 0.335. The van der Waals surface area contributed by atoms with Gasteiger partial charge in [-0.25, -0.2) is 0 Å². The van der Waals surface area contributed by atoms with Crippen molar-refractivity contribution in [2.75, 3.05) is 13.2 Å². The topological polar surface area (TPSA) is 34.2 Å². The van der Waals surface area contributed by atoms with Gasteiger partial charge in [-0.05, 0) is 37.6 Å². The first-order valence-electron chi connectivity index (χ1n) is 7.47. The van der Waals surface area contributed by atoms with Gasteiger partial charge < -0.3 is 10.1 Å². The lowest BCUT2D eigenvalue weighted by atomic mass is 9.91. The summed E-state index contributed by atoms with van der Waals surface area (Å²) in [5, 5.41) is 4.81. The normalized spacial score (nSPS) is 24.1. The van der Waals surface area contributed by atoms with Gasteiger partial charge in [0, 0.05) is 23.5 Å². The molecule has 1 fully saturated rings. The number of rotatable bonds is 4. The van der Waals surface area contributed by atoms with Crippen LogP contribution < -0.4 is 5.32 Å². The molecule has 3 unspecified atom stereocenters. The van der Waals surface area contributed by atoms with Gasteiger partial charge in [-0.15, -0.1) is 0 Å². The fourth-order valence-electron chi connectivity index (χ4n) is 3.12. The molecule has 3 heteroatoms. The van der Waals surface area contributed by atoms with E-state index >= 15 is 0 Å². The molecule has 1 aliphatic heterocycles. The monoisotopic (exact) mass is 270 g/mol. The van der Waals surface area contributed by atoms with E-state index in [2.05, 4.69) is 48.4 Å². The Balaban J connectivity index is 1.92. The van der Waals surface area contributed by atoms with Gasteiger partial charge in [0.05, 0.1) is 18.2 Å². The number of pyridine rings is 1. The van der Waals surface area contributed by atoms with Crippen molar-refractivity contribution in [3.63, 3.8) is 0 Å². The number of ether oxygens (including phenoxy) is 1. The van der Waals surface area contributed by atoms with Crippen LogP contribution in [0.2, 0.25) is 0 Å². The zero-order chi connectivity index (χ0) is 13.9. The van der Waals surface area contributed by atoms with Gasteiger partial charge in [0.15, 0.2) is 0 Å². The standard InChI is InChI=1S/C17H22N2O/c1-3-18-17(15-8-12(2)20-11-15)14-9-13-6-4-5-7-16(13)19-10-14/h4-7,9-10,12,15,17-18H,3,8,11H2,1-2H3. The molecule has 1 aliphatic rings. The maximum absolute atomic E-state index is 5.74. The summed E-state index contributed by atoms with van der Waals surface area (Å²) < 4.78 is 5.74. The van der Waals surface area contributed by atoms with Crippen LogP contribution >= 0.6 is 0 Å². The number of nitrogens with one attached hydrogen (secondary N) is 1. The Bertz CT molecular complexity index is 584. The summed E-state index contributed by atoms with van der Waals surface area (Å²) in [6.07, 6.45) is 3.50. The Hall–Kier alpha value is -1.45. The largest absolute Gasteiger partial charge is 0.378 e. The molecule has 3 rings (SSSR count). The Morgan fingerprint density at radius 3 is 3.00 bits per heavy atom. The Morgan fingerprint density at radius 1 is 1.40 bits per heavy atom. The second-order valence-electron chi connectivity index (χ2n) is 5.64. The molecule has 1 aromatic carbocycles. The van der Waals surface area contributed by atoms with E-state index < -0.39 is 0 Å². The van der Waals surface area contributed by atoms with Crippen LogP contribution in [0.15, 0.2) is 36.5 Å². The molecule has 2 heterocycles. The van der Waals surface area contributed by atoms with E-state index in [1.807, 2.05) is 12.3 Å². The average Bonchev–Trinajstić information content (AvgIpc) is 2.90. The second-order valence-corrected chi connectivity index (χ2v) is 5.64. The third kappa shape index (κ3) is 2.69. The van der Waals surface area contributed by atoms with E-state index in [4.69, 9.17) is 4.74 Å². The summed E-state index contributed by atoms with van der Waals surface area (Å²) in [4.78, 5) is 4.59. The molecule has 0 saturated carbocycles. The molecule has 1 saturated heterocycles. The Morgan fingerprint density at radius 2 is 2.25 bits per heavy atom. The highest BCUT2D eigenvalue weighted by Gasteiger charge is 2.30. The Kier molecular flexibility index (Phi) is 3.99. The lowest BCUT2D eigenvalue weighted by molar-refractivity contribution is 0.117. The van der Waals surface area contributed by atoms with Crippen molar-refractivity contribution in [3.8, 4) is 0 Å². The summed E-state index contributed by atoms with van der Waals surface area (Å²) in [5.74, 6) is 0.535. The van der Waals surface area contributed by atoms with E-state index in [1.54, 1.807) is 0 Å². The zero-order valence-corrected chi connectivity index (χ0v) is 12.2. The van der Waals surface area contributed by atoms with Gasteiger partial charge in [-0.1, -0.05) is 25.1 Å². The SMILES string of the molecule is CCNC(c1cnc2ccccc2c1)C1COC(C)C1. The summed E-state index contributed by atoms with van der Waals surface area (Å²) in [5.41, 5.74) is 2.33. The molecule has 3 atom stereocenters. The number of benzene rings is 1. The predicted molar refractivity (Wildman–Crippen MR) is 81.7 cm³/mol. The van der Waals surface area contributed by atoms with Crippen LogP contribution in [0.4, 0.5) is 0 Å². The zero-order valence-electron chi connectivity index (χ0n) is 12.2. The molecule has 0 bridgehead atoms. The summed E-state index contributed by atoms with van der Waals surface area (Å²) in [6, 6.07) is 10.9. The van der Waals surface area contributed by atoms with Gasteiger partial charge in [0.2, 0.25) is 0 Å². The minimum Gasteiger partial charge on any atom is -0.378 e. The first kappa shape index (κ1) is 13.5. The average molecular weight is 270 g/mol. The highest BCUT2D eigenvalue weighted by molar-refractivity contribution is 5.78. The third-order valence-corrected chi connectivity index (χ3v) is 4.10. The molecule has 20 heavy (non-hydrogen) atoms. The number of aromatic nitrogens is 1.